The SMILES string of the molecule is C=C[C@@H]1C[C@]1(NC(=O)[C@@H]1C[C@@H]2CN1C(=O)[C@H](C(C)(C)C)NC(=O)OCCCCCc1cc(CC)c3ccnc(c3c1)O2)C(=O)NS(=O)(=O)C1CC1. The van der Waals surface area contributed by atoms with Crippen molar-refractivity contribution in [1.29, 1.82) is 0 Å². The van der Waals surface area contributed by atoms with E-state index in [1.165, 1.54) is 11.0 Å². The molecule has 51 heavy (non-hydrogen) atoms. The molecule has 5 atom stereocenters. The van der Waals surface area contributed by atoms with Crippen LogP contribution in [0.25, 0.3) is 10.8 Å². The molecule has 2 aliphatic carbocycles. The van der Waals surface area contributed by atoms with Gasteiger partial charge in [-0.1, -0.05) is 39.8 Å². The van der Waals surface area contributed by atoms with Crippen LogP contribution in [0.15, 0.2) is 37.1 Å². The Morgan fingerprint density at radius 2 is 1.92 bits per heavy atom. The van der Waals surface area contributed by atoms with E-state index in [4.69, 9.17) is 9.47 Å². The normalized spacial score (nSPS) is 27.4. The topological polar surface area (TPSA) is 173 Å². The zero-order valence-electron chi connectivity index (χ0n) is 29.8. The molecule has 0 spiro atoms. The van der Waals surface area contributed by atoms with Gasteiger partial charge in [0.15, 0.2) is 0 Å². The first kappa shape index (κ1) is 36.6. The van der Waals surface area contributed by atoms with E-state index < -0.39 is 74.1 Å². The van der Waals surface area contributed by atoms with Gasteiger partial charge < -0.3 is 25.0 Å². The first-order valence-corrected chi connectivity index (χ1v) is 19.5. The van der Waals surface area contributed by atoms with E-state index in [-0.39, 0.29) is 26.0 Å². The summed E-state index contributed by atoms with van der Waals surface area (Å²) in [6, 6.07) is 4.08. The molecule has 2 aliphatic heterocycles. The fourth-order valence-electron chi connectivity index (χ4n) is 7.23. The van der Waals surface area contributed by atoms with Crippen LogP contribution >= 0.6 is 0 Å². The van der Waals surface area contributed by atoms with E-state index in [1.807, 2.05) is 26.8 Å². The lowest BCUT2D eigenvalue weighted by Crippen LogP contribution is -2.60. The van der Waals surface area contributed by atoms with Crippen molar-refractivity contribution in [2.45, 2.75) is 114 Å². The Kier molecular flexibility index (Phi) is 10.1. The molecule has 2 aromatic rings. The highest BCUT2D eigenvalue weighted by Gasteiger charge is 2.62. The van der Waals surface area contributed by atoms with Crippen LogP contribution in [0.2, 0.25) is 0 Å². The second kappa shape index (κ2) is 14.1. The number of hydrogen-bond acceptors (Lipinski definition) is 9. The molecular formula is C37H49N5O8S. The molecule has 14 heteroatoms. The van der Waals surface area contributed by atoms with Crippen molar-refractivity contribution in [3.8, 4) is 5.88 Å². The van der Waals surface area contributed by atoms with E-state index in [0.717, 1.165) is 47.6 Å². The number of cyclic esters (lactones) is 1. The molecule has 4 bridgehead atoms. The number of aryl methyl sites for hydroxylation is 2. The van der Waals surface area contributed by atoms with Gasteiger partial charge in [0.05, 0.1) is 18.4 Å². The van der Waals surface area contributed by atoms with Crippen molar-refractivity contribution in [2.24, 2.45) is 11.3 Å². The fourth-order valence-corrected chi connectivity index (χ4v) is 8.60. The predicted octanol–water partition coefficient (Wildman–Crippen LogP) is 3.68. The smallest absolute Gasteiger partial charge is 0.407 e. The maximum Gasteiger partial charge on any atom is 0.407 e. The minimum absolute atomic E-state index is 0.00123. The number of nitrogens with zero attached hydrogens (tertiary/aromatic N) is 2. The summed E-state index contributed by atoms with van der Waals surface area (Å²) < 4.78 is 39.6. The van der Waals surface area contributed by atoms with E-state index in [0.29, 0.717) is 25.1 Å². The van der Waals surface area contributed by atoms with Gasteiger partial charge in [-0.3, -0.25) is 19.1 Å². The number of carbonyl (C=O) groups is 4. The number of pyridine rings is 1. The van der Waals surface area contributed by atoms with Crippen molar-refractivity contribution >= 4 is 44.6 Å². The number of amides is 4. The zero-order valence-corrected chi connectivity index (χ0v) is 30.6. The summed E-state index contributed by atoms with van der Waals surface area (Å²) in [5.41, 5.74) is -0.00906. The molecule has 0 unspecified atom stereocenters. The highest BCUT2D eigenvalue weighted by atomic mass is 32.2. The second-order valence-corrected chi connectivity index (χ2v) is 17.3. The third-order valence-corrected chi connectivity index (χ3v) is 12.3. The molecule has 1 aromatic heterocycles. The Balaban J connectivity index is 1.35. The van der Waals surface area contributed by atoms with Crippen LogP contribution in [0, 0.1) is 11.3 Å². The Morgan fingerprint density at radius 1 is 1.16 bits per heavy atom. The molecule has 4 amide bonds. The number of rotatable bonds is 7. The number of sulfonamides is 1. The summed E-state index contributed by atoms with van der Waals surface area (Å²) in [6.45, 7) is 11.5. The summed E-state index contributed by atoms with van der Waals surface area (Å²) in [6.07, 6.45) is 7.00. The zero-order chi connectivity index (χ0) is 36.7. The lowest BCUT2D eigenvalue weighted by Gasteiger charge is -2.35. The molecule has 3 fully saturated rings. The molecule has 13 nitrogen and oxygen atoms in total. The Morgan fingerprint density at radius 3 is 2.59 bits per heavy atom. The Labute approximate surface area is 299 Å². The Hall–Kier alpha value is -4.20. The number of alkyl carbamates (subject to hydrolysis) is 1. The molecule has 4 aliphatic rings. The van der Waals surface area contributed by atoms with Crippen molar-refractivity contribution < 1.29 is 37.1 Å². The van der Waals surface area contributed by atoms with Gasteiger partial charge in [0.25, 0.3) is 5.91 Å². The molecular weight excluding hydrogens is 675 g/mol. The molecule has 2 saturated carbocycles. The van der Waals surface area contributed by atoms with E-state index in [9.17, 15) is 27.6 Å². The number of hydrogen-bond donors (Lipinski definition) is 3. The van der Waals surface area contributed by atoms with Crippen molar-refractivity contribution in [3.63, 3.8) is 0 Å². The fraction of sp³-hybridized carbons (Fsp3) is 0.595. The summed E-state index contributed by atoms with van der Waals surface area (Å²) in [5, 5.41) is 6.79. The van der Waals surface area contributed by atoms with Crippen LogP contribution in [0.5, 0.6) is 5.88 Å². The highest BCUT2D eigenvalue weighted by molar-refractivity contribution is 7.91. The molecule has 1 aromatic carbocycles. The lowest BCUT2D eigenvalue weighted by atomic mass is 9.85. The predicted molar refractivity (Wildman–Crippen MR) is 190 cm³/mol. The number of fused-ring (bicyclic) bond motifs is 3. The van der Waals surface area contributed by atoms with Crippen molar-refractivity contribution in [3.05, 3.63) is 48.2 Å². The van der Waals surface area contributed by atoms with Gasteiger partial charge in [0, 0.05) is 23.9 Å². The number of nitrogens with one attached hydrogen (secondary N) is 3. The van der Waals surface area contributed by atoms with Crippen molar-refractivity contribution in [2.75, 3.05) is 13.2 Å². The van der Waals surface area contributed by atoms with Crippen LogP contribution in [0.4, 0.5) is 4.79 Å². The first-order valence-electron chi connectivity index (χ1n) is 18.0. The minimum Gasteiger partial charge on any atom is -0.472 e. The number of ether oxygens (including phenoxy) is 2. The van der Waals surface area contributed by atoms with Crippen molar-refractivity contribution in [1.82, 2.24) is 25.2 Å². The van der Waals surface area contributed by atoms with E-state index in [1.54, 1.807) is 6.20 Å². The average molecular weight is 724 g/mol. The molecule has 0 radical (unpaired) electrons. The Bertz CT molecular complexity index is 1840. The molecule has 1 saturated heterocycles. The van der Waals surface area contributed by atoms with E-state index in [2.05, 4.69) is 46.0 Å². The largest absolute Gasteiger partial charge is 0.472 e. The number of carbonyl (C=O) groups excluding carboxylic acids is 4. The van der Waals surface area contributed by atoms with Crippen LogP contribution in [-0.4, -0.2) is 84.2 Å². The van der Waals surface area contributed by atoms with Gasteiger partial charge in [0.2, 0.25) is 27.7 Å². The maximum absolute atomic E-state index is 14.5. The van der Waals surface area contributed by atoms with Gasteiger partial charge in [-0.2, -0.15) is 0 Å². The third-order valence-electron chi connectivity index (χ3n) is 10.5. The third kappa shape index (κ3) is 7.70. The van der Waals surface area contributed by atoms with E-state index >= 15 is 0 Å². The van der Waals surface area contributed by atoms with Gasteiger partial charge in [0.1, 0.15) is 23.7 Å². The van der Waals surface area contributed by atoms with Crippen LogP contribution in [0.3, 0.4) is 0 Å². The lowest BCUT2D eigenvalue weighted by molar-refractivity contribution is -0.142. The number of aromatic nitrogens is 1. The van der Waals surface area contributed by atoms with Gasteiger partial charge >= 0.3 is 6.09 Å². The average Bonchev–Trinajstić information content (AvgIpc) is 4.00. The van der Waals surface area contributed by atoms with Gasteiger partial charge in [-0.15, -0.1) is 6.58 Å². The second-order valence-electron chi connectivity index (χ2n) is 15.4. The van der Waals surface area contributed by atoms with Gasteiger partial charge in [-0.05, 0) is 85.4 Å². The highest BCUT2D eigenvalue weighted by Crippen LogP contribution is 2.45. The summed E-state index contributed by atoms with van der Waals surface area (Å²) in [4.78, 5) is 61.1. The first-order chi connectivity index (χ1) is 24.2. The quantitative estimate of drug-likeness (QED) is 0.361. The summed E-state index contributed by atoms with van der Waals surface area (Å²) in [7, 11) is -3.88. The molecule has 3 heterocycles. The van der Waals surface area contributed by atoms with Crippen LogP contribution in [-0.2, 0) is 42.0 Å². The monoisotopic (exact) mass is 723 g/mol. The summed E-state index contributed by atoms with van der Waals surface area (Å²) >= 11 is 0. The minimum atomic E-state index is -3.88. The molecule has 6 rings (SSSR count). The maximum atomic E-state index is 14.5. The number of benzene rings is 1. The molecule has 3 N–H and O–H groups in total. The van der Waals surface area contributed by atoms with Crippen LogP contribution < -0.4 is 20.1 Å². The van der Waals surface area contributed by atoms with Crippen LogP contribution in [0.1, 0.15) is 83.8 Å². The summed E-state index contributed by atoms with van der Waals surface area (Å²) in [5.74, 6) is -2.09. The molecule has 276 valence electrons. The van der Waals surface area contributed by atoms with Gasteiger partial charge in [-0.25, -0.2) is 18.2 Å². The standard InChI is InChI=1S/C37H49N5O8S/c1-6-23-17-22-11-9-8-10-16-49-35(46)39-30(36(3,4)5)33(44)42-21-25(50-32-28(18-22)27(23)14-15-38-32)19-29(42)31(43)40-37(20-24(37)7-2)34(45)41-51(47,48)26-12-13-26/h7,14-15,17-18,24-26,29-30H,2,6,8-13,16,19-21H2,1,3-5H3,(H,39,46)(H,40,43)(H,41,45)/t24-,25-,29+,30-,37-/m1/s1.